The van der Waals surface area contributed by atoms with Crippen LogP contribution in [0.5, 0.6) is 0 Å². The number of nitrogens with two attached hydrogens (primary N) is 1. The number of fused-ring (bicyclic) bond motifs is 1. The van der Waals surface area contributed by atoms with Gasteiger partial charge in [-0.25, -0.2) is 5.84 Å². The minimum Gasteiger partial charge on any atom is -0.460 e. The molecule has 8 nitrogen and oxygen atoms in total. The lowest BCUT2D eigenvalue weighted by Gasteiger charge is -2.48. The second-order valence-corrected chi connectivity index (χ2v) is 13.3. The van der Waals surface area contributed by atoms with Crippen molar-refractivity contribution in [3.05, 3.63) is 113 Å². The summed E-state index contributed by atoms with van der Waals surface area (Å²) in [7, 11) is 0. The van der Waals surface area contributed by atoms with Gasteiger partial charge < -0.3 is 4.74 Å². The summed E-state index contributed by atoms with van der Waals surface area (Å²) in [6.07, 6.45) is 4.75. The molecule has 46 heavy (non-hydrogen) atoms. The van der Waals surface area contributed by atoms with Crippen LogP contribution in [-0.2, 0) is 19.7 Å². The van der Waals surface area contributed by atoms with Gasteiger partial charge >= 0.3 is 5.97 Å². The zero-order valence-electron chi connectivity index (χ0n) is 27.6. The van der Waals surface area contributed by atoms with Crippen LogP contribution in [0.4, 0.5) is 0 Å². The van der Waals surface area contributed by atoms with E-state index in [0.717, 1.165) is 11.1 Å². The number of nitrogens with one attached hydrogen (secondary N) is 1. The van der Waals surface area contributed by atoms with E-state index in [0.29, 0.717) is 18.4 Å². The largest absolute Gasteiger partial charge is 0.460 e. The van der Waals surface area contributed by atoms with Gasteiger partial charge in [0.1, 0.15) is 5.60 Å². The molecular weight excluding hydrogens is 578 g/mol. The molecule has 0 spiro atoms. The molecule has 3 N–H and O–H groups in total. The number of hydrogen-bond acceptors (Lipinski definition) is 6. The fourth-order valence-electron chi connectivity index (χ4n) is 6.65. The van der Waals surface area contributed by atoms with Crippen molar-refractivity contribution >= 4 is 29.8 Å². The van der Waals surface area contributed by atoms with Crippen molar-refractivity contribution in [1.82, 2.24) is 10.3 Å². The first kappa shape index (κ1) is 34.3. The molecule has 0 aliphatic carbocycles. The highest BCUT2D eigenvalue weighted by atomic mass is 16.6. The van der Waals surface area contributed by atoms with E-state index in [9.17, 15) is 19.2 Å². The molecule has 3 atom stereocenters. The number of rotatable bonds is 12. The Kier molecular flexibility index (Phi) is 10.3. The van der Waals surface area contributed by atoms with Crippen LogP contribution in [0.3, 0.4) is 0 Å². The molecule has 1 unspecified atom stereocenters. The Labute approximate surface area is 272 Å². The number of nitrogens with zero attached hydrogens (tertiary/aromatic N) is 1. The number of hydrogen-bond donors (Lipinski definition) is 2. The molecule has 1 aliphatic rings. The number of aryl methyl sites for hydroxylation is 1. The lowest BCUT2D eigenvalue weighted by atomic mass is 9.64. The van der Waals surface area contributed by atoms with Gasteiger partial charge in [-0.05, 0) is 77.1 Å². The third-order valence-electron chi connectivity index (χ3n) is 8.71. The van der Waals surface area contributed by atoms with E-state index in [1.807, 2.05) is 86.7 Å². The first-order valence-corrected chi connectivity index (χ1v) is 15.8. The maximum absolute atomic E-state index is 14.3. The van der Waals surface area contributed by atoms with Gasteiger partial charge in [-0.1, -0.05) is 97.8 Å². The molecule has 242 valence electrons. The Morgan fingerprint density at radius 1 is 0.913 bits per heavy atom. The highest BCUT2D eigenvalue weighted by molar-refractivity contribution is 6.22. The minimum absolute atomic E-state index is 0.0750. The number of amides is 3. The number of benzene rings is 3. The summed E-state index contributed by atoms with van der Waals surface area (Å²) >= 11 is 0. The van der Waals surface area contributed by atoms with Gasteiger partial charge in [0.05, 0.1) is 28.0 Å². The summed E-state index contributed by atoms with van der Waals surface area (Å²) in [6, 6.07) is 24.0. The van der Waals surface area contributed by atoms with E-state index in [-0.39, 0.29) is 24.0 Å². The van der Waals surface area contributed by atoms with Crippen LogP contribution >= 0.6 is 0 Å². The molecule has 0 saturated heterocycles. The van der Waals surface area contributed by atoms with E-state index in [2.05, 4.69) is 5.43 Å². The van der Waals surface area contributed by atoms with Gasteiger partial charge in [0.15, 0.2) is 0 Å². The topological polar surface area (TPSA) is 119 Å². The lowest BCUT2D eigenvalue weighted by molar-refractivity contribution is -0.165. The molecule has 0 fully saturated rings. The number of allylic oxidation sites excluding steroid dienone is 1. The molecule has 3 aromatic carbocycles. The summed E-state index contributed by atoms with van der Waals surface area (Å²) < 4.78 is 5.99. The van der Waals surface area contributed by atoms with Gasteiger partial charge in [0.25, 0.3) is 11.8 Å². The van der Waals surface area contributed by atoms with Crippen molar-refractivity contribution in [3.63, 3.8) is 0 Å². The van der Waals surface area contributed by atoms with Crippen molar-refractivity contribution in [1.29, 1.82) is 0 Å². The zero-order valence-corrected chi connectivity index (χ0v) is 27.6. The van der Waals surface area contributed by atoms with Crippen molar-refractivity contribution in [2.24, 2.45) is 11.8 Å². The van der Waals surface area contributed by atoms with Crippen molar-refractivity contribution < 1.29 is 23.9 Å². The van der Waals surface area contributed by atoms with Crippen LogP contribution in [0.2, 0.25) is 0 Å². The Bertz CT molecular complexity index is 1610. The molecule has 3 amide bonds. The molecule has 8 heteroatoms. The third kappa shape index (κ3) is 6.97. The SMILES string of the molecule is CCCC(C[C@](C)([C@H](C/C=C/c1ccccc1)C(=O)OC(C)(C)C)N1C(=O)c2ccc(C)cc2C1=O)(C(=O)NN)c1ccccc1. The third-order valence-corrected chi connectivity index (χ3v) is 8.71. The van der Waals surface area contributed by atoms with Gasteiger partial charge in [0, 0.05) is 0 Å². The first-order valence-electron chi connectivity index (χ1n) is 15.8. The standard InChI is InChI=1S/C38H45N3O5/c1-7-23-38(35(45)40-39,28-18-12-9-13-19-28)25-37(6,41-32(42)29-22-21-26(2)24-30(29)33(41)43)31(34(44)46-36(3,4)5)20-14-17-27-15-10-8-11-16-27/h8-19,21-22,24,31H,7,20,23,25,39H2,1-6H3,(H,40,45)/b17-14+/t31-,37-,38?/m1/s1. The Balaban J connectivity index is 1.98. The fraction of sp³-hybridized carbons (Fsp3) is 0.368. The van der Waals surface area contributed by atoms with Crippen LogP contribution in [0.1, 0.15) is 97.7 Å². The summed E-state index contributed by atoms with van der Waals surface area (Å²) in [6.45, 7) is 10.9. The molecule has 0 saturated carbocycles. The maximum atomic E-state index is 14.3. The highest BCUT2D eigenvalue weighted by Gasteiger charge is 2.57. The normalized spacial score (nSPS) is 16.5. The number of hydrazine groups is 1. The molecule has 0 radical (unpaired) electrons. The first-order chi connectivity index (χ1) is 21.8. The average molecular weight is 624 g/mol. The van der Waals surface area contributed by atoms with Gasteiger partial charge in [-0.2, -0.15) is 0 Å². The Hall–Kier alpha value is -4.56. The zero-order chi connectivity index (χ0) is 33.7. The van der Waals surface area contributed by atoms with Gasteiger partial charge in [0.2, 0.25) is 5.91 Å². The average Bonchev–Trinajstić information content (AvgIpc) is 3.27. The summed E-state index contributed by atoms with van der Waals surface area (Å²) in [5.74, 6) is 2.73. The van der Waals surface area contributed by atoms with Crippen molar-refractivity contribution in [2.45, 2.75) is 83.8 Å². The number of carbonyl (C=O) groups is 4. The van der Waals surface area contributed by atoms with Gasteiger partial charge in [-0.15, -0.1) is 0 Å². The Morgan fingerprint density at radius 3 is 2.11 bits per heavy atom. The smallest absolute Gasteiger partial charge is 0.312 e. The Morgan fingerprint density at radius 2 is 1.52 bits per heavy atom. The second kappa shape index (κ2) is 13.8. The van der Waals surface area contributed by atoms with Gasteiger partial charge in [-0.3, -0.25) is 29.5 Å². The van der Waals surface area contributed by atoms with E-state index in [1.165, 1.54) is 4.90 Å². The molecule has 4 rings (SSSR count). The number of ether oxygens (including phenoxy) is 1. The molecular formula is C38H45N3O5. The van der Waals surface area contributed by atoms with Crippen LogP contribution in [-0.4, -0.2) is 39.7 Å². The molecule has 3 aromatic rings. The van der Waals surface area contributed by atoms with Crippen LogP contribution < -0.4 is 11.3 Å². The maximum Gasteiger partial charge on any atom is 0.312 e. The minimum atomic E-state index is -1.54. The quantitative estimate of drug-likeness (QED) is 0.0779. The van der Waals surface area contributed by atoms with Crippen LogP contribution in [0.15, 0.2) is 84.9 Å². The fourth-order valence-corrected chi connectivity index (χ4v) is 6.65. The van der Waals surface area contributed by atoms with Crippen molar-refractivity contribution in [3.8, 4) is 0 Å². The van der Waals surface area contributed by atoms with Crippen LogP contribution in [0, 0.1) is 12.8 Å². The number of imide groups is 1. The van der Waals surface area contributed by atoms with E-state index in [1.54, 1.807) is 45.9 Å². The summed E-state index contributed by atoms with van der Waals surface area (Å²) in [5, 5.41) is 0. The molecule has 0 bridgehead atoms. The van der Waals surface area contributed by atoms with E-state index in [4.69, 9.17) is 10.6 Å². The summed E-state index contributed by atoms with van der Waals surface area (Å²) in [5.41, 5.74) is 1.61. The number of esters is 1. The van der Waals surface area contributed by atoms with E-state index < -0.39 is 46.2 Å². The molecule has 1 heterocycles. The molecule has 0 aromatic heterocycles. The second-order valence-electron chi connectivity index (χ2n) is 13.3. The van der Waals surface area contributed by atoms with E-state index >= 15 is 0 Å². The number of carbonyl (C=O) groups excluding carboxylic acids is 4. The van der Waals surface area contributed by atoms with Crippen molar-refractivity contribution in [2.75, 3.05) is 0 Å². The predicted molar refractivity (Wildman–Crippen MR) is 179 cm³/mol. The summed E-state index contributed by atoms with van der Waals surface area (Å²) in [4.78, 5) is 58.2. The highest BCUT2D eigenvalue weighted by Crippen LogP contribution is 2.47. The molecule has 1 aliphatic heterocycles. The monoisotopic (exact) mass is 623 g/mol. The predicted octanol–water partition coefficient (Wildman–Crippen LogP) is 6.53. The van der Waals surface area contributed by atoms with Crippen LogP contribution in [0.25, 0.3) is 6.08 Å². The lowest BCUT2D eigenvalue weighted by Crippen LogP contribution is -2.62.